The van der Waals surface area contributed by atoms with Crippen LogP contribution in [0.5, 0.6) is 0 Å². The zero-order valence-corrected chi connectivity index (χ0v) is 13.1. The monoisotopic (exact) mass is 287 g/mol. The molecular formula is C18H29N3. The molecule has 1 unspecified atom stereocenters. The Morgan fingerprint density at radius 2 is 1.81 bits per heavy atom. The van der Waals surface area contributed by atoms with Crippen LogP contribution in [0.4, 0.5) is 0 Å². The lowest BCUT2D eigenvalue weighted by atomic mass is 9.96. The molecule has 1 N–H and O–H groups in total. The smallest absolute Gasteiger partial charge is 0.0107 e. The van der Waals surface area contributed by atoms with Crippen LogP contribution >= 0.6 is 0 Å². The van der Waals surface area contributed by atoms with Gasteiger partial charge in [-0.15, -0.1) is 0 Å². The first-order valence-corrected chi connectivity index (χ1v) is 8.59. The summed E-state index contributed by atoms with van der Waals surface area (Å²) < 4.78 is 0. The van der Waals surface area contributed by atoms with Crippen molar-refractivity contribution < 1.29 is 0 Å². The Kier molecular flexibility index (Phi) is 5.67. The van der Waals surface area contributed by atoms with Crippen molar-refractivity contribution in [2.24, 2.45) is 5.92 Å². The quantitative estimate of drug-likeness (QED) is 0.891. The molecule has 0 aliphatic carbocycles. The van der Waals surface area contributed by atoms with Crippen molar-refractivity contribution >= 4 is 0 Å². The van der Waals surface area contributed by atoms with Crippen LogP contribution < -0.4 is 5.32 Å². The van der Waals surface area contributed by atoms with Crippen molar-refractivity contribution in [3.8, 4) is 0 Å². The van der Waals surface area contributed by atoms with E-state index >= 15 is 0 Å². The number of rotatable bonds is 5. The number of likely N-dealkylation sites (tertiary alicyclic amines) is 1. The fourth-order valence-corrected chi connectivity index (χ4v) is 3.69. The van der Waals surface area contributed by atoms with Crippen LogP contribution in [-0.2, 0) is 6.42 Å². The lowest BCUT2D eigenvalue weighted by molar-refractivity contribution is 0.127. The number of nitrogens with one attached hydrogen (secondary N) is 1. The first-order chi connectivity index (χ1) is 10.4. The third kappa shape index (κ3) is 4.80. The number of piperazine rings is 1. The minimum Gasteiger partial charge on any atom is -0.314 e. The second-order valence-corrected chi connectivity index (χ2v) is 6.60. The number of piperidine rings is 1. The molecule has 1 aromatic carbocycles. The molecule has 0 radical (unpaired) electrons. The van der Waals surface area contributed by atoms with Gasteiger partial charge in [-0.25, -0.2) is 0 Å². The van der Waals surface area contributed by atoms with E-state index in [0.29, 0.717) is 0 Å². The van der Waals surface area contributed by atoms with Crippen molar-refractivity contribution in [3.63, 3.8) is 0 Å². The topological polar surface area (TPSA) is 18.5 Å². The van der Waals surface area contributed by atoms with Gasteiger partial charge in [-0.1, -0.05) is 30.3 Å². The van der Waals surface area contributed by atoms with Gasteiger partial charge in [-0.2, -0.15) is 0 Å². The predicted molar refractivity (Wildman–Crippen MR) is 88.6 cm³/mol. The normalized spacial score (nSPS) is 25.0. The summed E-state index contributed by atoms with van der Waals surface area (Å²) in [7, 11) is 0. The Hall–Kier alpha value is -0.900. The summed E-state index contributed by atoms with van der Waals surface area (Å²) in [5.74, 6) is 0.882. The molecule has 2 aliphatic heterocycles. The summed E-state index contributed by atoms with van der Waals surface area (Å²) in [6.45, 7) is 9.95. The van der Waals surface area contributed by atoms with E-state index in [-0.39, 0.29) is 0 Å². The molecule has 0 amide bonds. The van der Waals surface area contributed by atoms with Crippen molar-refractivity contribution in [3.05, 3.63) is 35.9 Å². The van der Waals surface area contributed by atoms with E-state index < -0.39 is 0 Å². The van der Waals surface area contributed by atoms with Gasteiger partial charge in [-0.05, 0) is 37.3 Å². The maximum atomic E-state index is 3.45. The summed E-state index contributed by atoms with van der Waals surface area (Å²) in [6.07, 6.45) is 4.00. The standard InChI is InChI=1S/C18H29N3/c1-2-5-17(6-3-1)8-12-20-11-4-7-18(15-20)16-21-13-9-19-10-14-21/h1-3,5-6,18-19H,4,7-16H2. The Labute approximate surface area is 129 Å². The average molecular weight is 287 g/mol. The molecule has 3 rings (SSSR count). The molecule has 3 heteroatoms. The number of nitrogens with zero attached hydrogens (tertiary/aromatic N) is 2. The minimum atomic E-state index is 0.882. The van der Waals surface area contributed by atoms with E-state index in [4.69, 9.17) is 0 Å². The van der Waals surface area contributed by atoms with E-state index in [1.807, 2.05) is 0 Å². The maximum absolute atomic E-state index is 3.45. The van der Waals surface area contributed by atoms with Gasteiger partial charge >= 0.3 is 0 Å². The van der Waals surface area contributed by atoms with Gasteiger partial charge in [0.2, 0.25) is 0 Å². The first kappa shape index (κ1) is 15.0. The molecule has 21 heavy (non-hydrogen) atoms. The van der Waals surface area contributed by atoms with Crippen molar-refractivity contribution in [1.82, 2.24) is 15.1 Å². The summed E-state index contributed by atoms with van der Waals surface area (Å²) in [5, 5.41) is 3.45. The SMILES string of the molecule is c1ccc(CCN2CCCC(CN3CCNCC3)C2)cc1. The largest absolute Gasteiger partial charge is 0.314 e. The molecule has 2 heterocycles. The lowest BCUT2D eigenvalue weighted by Crippen LogP contribution is -2.48. The number of hydrogen-bond acceptors (Lipinski definition) is 3. The Morgan fingerprint density at radius 1 is 1.00 bits per heavy atom. The highest BCUT2D eigenvalue weighted by atomic mass is 15.2. The Bertz CT molecular complexity index is 400. The third-order valence-corrected chi connectivity index (χ3v) is 4.89. The second kappa shape index (κ2) is 7.92. The molecule has 0 spiro atoms. The molecule has 1 atom stereocenters. The van der Waals surface area contributed by atoms with Crippen LogP contribution in [0.25, 0.3) is 0 Å². The second-order valence-electron chi connectivity index (χ2n) is 6.60. The Balaban J connectivity index is 1.42. The van der Waals surface area contributed by atoms with Gasteiger partial charge in [0.25, 0.3) is 0 Å². The highest BCUT2D eigenvalue weighted by Gasteiger charge is 2.22. The zero-order chi connectivity index (χ0) is 14.3. The lowest BCUT2D eigenvalue weighted by Gasteiger charge is -2.37. The van der Waals surface area contributed by atoms with Crippen LogP contribution in [0.2, 0.25) is 0 Å². The molecule has 0 aromatic heterocycles. The fourth-order valence-electron chi connectivity index (χ4n) is 3.69. The van der Waals surface area contributed by atoms with E-state index in [1.54, 1.807) is 0 Å². The number of hydrogen-bond donors (Lipinski definition) is 1. The van der Waals surface area contributed by atoms with E-state index in [0.717, 1.165) is 5.92 Å². The third-order valence-electron chi connectivity index (χ3n) is 4.89. The highest BCUT2D eigenvalue weighted by Crippen LogP contribution is 2.18. The molecular weight excluding hydrogens is 258 g/mol. The Morgan fingerprint density at radius 3 is 2.62 bits per heavy atom. The van der Waals surface area contributed by atoms with Gasteiger partial charge in [0.1, 0.15) is 0 Å². The molecule has 0 bridgehead atoms. The summed E-state index contributed by atoms with van der Waals surface area (Å²) in [6, 6.07) is 10.9. The molecule has 2 aliphatic rings. The van der Waals surface area contributed by atoms with Crippen molar-refractivity contribution in [1.29, 1.82) is 0 Å². The van der Waals surface area contributed by atoms with Crippen molar-refractivity contribution in [2.45, 2.75) is 19.3 Å². The van der Waals surface area contributed by atoms with Crippen molar-refractivity contribution in [2.75, 3.05) is 52.4 Å². The van der Waals surface area contributed by atoms with Crippen LogP contribution in [0.3, 0.4) is 0 Å². The summed E-state index contributed by atoms with van der Waals surface area (Å²) in [4.78, 5) is 5.34. The van der Waals surface area contributed by atoms with Crippen LogP contribution in [-0.4, -0.2) is 62.2 Å². The number of benzene rings is 1. The molecule has 2 fully saturated rings. The molecule has 0 saturated carbocycles. The molecule has 1 aromatic rings. The highest BCUT2D eigenvalue weighted by molar-refractivity contribution is 5.14. The molecule has 3 nitrogen and oxygen atoms in total. The zero-order valence-electron chi connectivity index (χ0n) is 13.1. The van der Waals surface area contributed by atoms with E-state index in [1.165, 1.54) is 77.2 Å². The minimum absolute atomic E-state index is 0.882. The van der Waals surface area contributed by atoms with Gasteiger partial charge < -0.3 is 15.1 Å². The molecule has 2 saturated heterocycles. The average Bonchev–Trinajstić information content (AvgIpc) is 2.55. The van der Waals surface area contributed by atoms with Gasteiger partial charge in [0.15, 0.2) is 0 Å². The van der Waals surface area contributed by atoms with E-state index in [9.17, 15) is 0 Å². The first-order valence-electron chi connectivity index (χ1n) is 8.59. The van der Waals surface area contributed by atoms with Gasteiger partial charge in [0, 0.05) is 45.8 Å². The summed E-state index contributed by atoms with van der Waals surface area (Å²) >= 11 is 0. The maximum Gasteiger partial charge on any atom is 0.0107 e. The molecule has 116 valence electrons. The van der Waals surface area contributed by atoms with Crippen LogP contribution in [0.1, 0.15) is 18.4 Å². The summed E-state index contributed by atoms with van der Waals surface area (Å²) in [5.41, 5.74) is 1.47. The van der Waals surface area contributed by atoms with Gasteiger partial charge in [0.05, 0.1) is 0 Å². The van der Waals surface area contributed by atoms with E-state index in [2.05, 4.69) is 45.4 Å². The van der Waals surface area contributed by atoms with Gasteiger partial charge in [-0.3, -0.25) is 0 Å². The predicted octanol–water partition coefficient (Wildman–Crippen LogP) is 1.85. The van der Waals surface area contributed by atoms with Crippen LogP contribution in [0.15, 0.2) is 30.3 Å². The van der Waals surface area contributed by atoms with Crippen LogP contribution in [0, 0.1) is 5.92 Å². The fraction of sp³-hybridized carbons (Fsp3) is 0.667.